The first-order chi connectivity index (χ1) is 8.17. The minimum absolute atomic E-state index is 0.804. The summed E-state index contributed by atoms with van der Waals surface area (Å²) in [5.74, 6) is 1.01. The number of thiocarbonyl (C=S) groups is 1. The zero-order valence-corrected chi connectivity index (χ0v) is 12.7. The summed E-state index contributed by atoms with van der Waals surface area (Å²) < 4.78 is 0.997. The molecule has 0 fully saturated rings. The molecule has 0 bridgehead atoms. The van der Waals surface area contributed by atoms with Crippen LogP contribution in [0.1, 0.15) is 19.4 Å². The van der Waals surface area contributed by atoms with Crippen LogP contribution in [0, 0.1) is 0 Å². The summed E-state index contributed by atoms with van der Waals surface area (Å²) in [6.07, 6.45) is 1.01. The molecular weight excluding hydrogens is 270 g/mol. The van der Waals surface area contributed by atoms with Gasteiger partial charge in [0.2, 0.25) is 0 Å². The molecule has 0 saturated heterocycles. The van der Waals surface area contributed by atoms with Crippen LogP contribution in [0.5, 0.6) is 0 Å². The van der Waals surface area contributed by atoms with E-state index in [0.29, 0.717) is 0 Å². The highest BCUT2D eigenvalue weighted by Gasteiger charge is 2.05. The molecule has 1 nitrogen and oxygen atoms in total. The van der Waals surface area contributed by atoms with Crippen molar-refractivity contribution in [1.29, 1.82) is 0 Å². The van der Waals surface area contributed by atoms with E-state index < -0.39 is 0 Å². The molecule has 0 heterocycles. The van der Waals surface area contributed by atoms with Crippen LogP contribution in [0.2, 0.25) is 5.02 Å². The van der Waals surface area contributed by atoms with Gasteiger partial charge < -0.3 is 4.90 Å². The standard InChI is InChI=1S/C13H18ClNS2/c1-3-15(4-2)13(16)17-9-8-11-6-5-7-12(14)10-11/h5-7,10H,3-4,8-9H2,1-2H3. The Morgan fingerprint density at radius 3 is 2.65 bits per heavy atom. The fourth-order valence-electron chi connectivity index (χ4n) is 1.52. The van der Waals surface area contributed by atoms with Crippen LogP contribution in [-0.2, 0) is 6.42 Å². The zero-order valence-electron chi connectivity index (χ0n) is 10.3. The van der Waals surface area contributed by atoms with Gasteiger partial charge in [0.05, 0.1) is 0 Å². The third-order valence-corrected chi connectivity index (χ3v) is 4.29. The van der Waals surface area contributed by atoms with Gasteiger partial charge in [0.15, 0.2) is 0 Å². The highest BCUT2D eigenvalue weighted by Crippen LogP contribution is 2.15. The quantitative estimate of drug-likeness (QED) is 0.746. The lowest BCUT2D eigenvalue weighted by atomic mass is 10.2. The molecule has 0 aromatic heterocycles. The van der Waals surface area contributed by atoms with Gasteiger partial charge in [-0.3, -0.25) is 0 Å². The van der Waals surface area contributed by atoms with Gasteiger partial charge >= 0.3 is 0 Å². The van der Waals surface area contributed by atoms with Crippen LogP contribution < -0.4 is 0 Å². The van der Waals surface area contributed by atoms with Crippen LogP contribution in [0.3, 0.4) is 0 Å². The maximum absolute atomic E-state index is 5.94. The van der Waals surface area contributed by atoms with E-state index in [9.17, 15) is 0 Å². The minimum Gasteiger partial charge on any atom is -0.358 e. The smallest absolute Gasteiger partial charge is 0.136 e. The third-order valence-electron chi connectivity index (χ3n) is 2.53. The molecule has 0 amide bonds. The maximum Gasteiger partial charge on any atom is 0.136 e. The molecule has 17 heavy (non-hydrogen) atoms. The molecule has 0 unspecified atom stereocenters. The summed E-state index contributed by atoms with van der Waals surface area (Å²) in [6, 6.07) is 8.01. The molecule has 1 rings (SSSR count). The Morgan fingerprint density at radius 2 is 2.06 bits per heavy atom. The van der Waals surface area contributed by atoms with Crippen LogP contribution in [0.15, 0.2) is 24.3 Å². The Morgan fingerprint density at radius 1 is 1.35 bits per heavy atom. The van der Waals surface area contributed by atoms with E-state index in [2.05, 4.69) is 24.8 Å². The Hall–Kier alpha value is -0.250. The van der Waals surface area contributed by atoms with Crippen LogP contribution in [0.4, 0.5) is 0 Å². The second-order valence-electron chi connectivity index (χ2n) is 3.67. The molecule has 1 aromatic rings. The maximum atomic E-state index is 5.94. The van der Waals surface area contributed by atoms with Crippen LogP contribution in [0.25, 0.3) is 0 Å². The molecule has 0 N–H and O–H groups in total. The zero-order chi connectivity index (χ0) is 12.7. The number of halogens is 1. The van der Waals surface area contributed by atoms with Crippen LogP contribution >= 0.6 is 35.6 Å². The highest BCUT2D eigenvalue weighted by atomic mass is 35.5. The number of hydrogen-bond donors (Lipinski definition) is 0. The Balaban J connectivity index is 2.35. The van der Waals surface area contributed by atoms with E-state index in [4.69, 9.17) is 23.8 Å². The van der Waals surface area contributed by atoms with Crippen LogP contribution in [-0.4, -0.2) is 28.1 Å². The third kappa shape index (κ3) is 5.28. The molecule has 0 aliphatic heterocycles. The fraction of sp³-hybridized carbons (Fsp3) is 0.462. The molecule has 1 aromatic carbocycles. The summed E-state index contributed by atoms with van der Waals surface area (Å²) in [6.45, 7) is 6.24. The second kappa shape index (κ2) is 7.96. The summed E-state index contributed by atoms with van der Waals surface area (Å²) in [5, 5.41) is 0.804. The average molecular weight is 288 g/mol. The minimum atomic E-state index is 0.804. The van der Waals surface area contributed by atoms with Crippen molar-refractivity contribution in [3.8, 4) is 0 Å². The first-order valence-electron chi connectivity index (χ1n) is 5.83. The normalized spacial score (nSPS) is 10.3. The first kappa shape index (κ1) is 14.8. The Labute approximate surface area is 119 Å². The molecule has 0 aliphatic carbocycles. The predicted octanol–water partition coefficient (Wildman–Crippen LogP) is 4.24. The number of rotatable bonds is 5. The molecular formula is C13H18ClNS2. The van der Waals surface area contributed by atoms with E-state index >= 15 is 0 Å². The van der Waals surface area contributed by atoms with Crippen molar-refractivity contribution >= 4 is 39.9 Å². The molecule has 0 saturated carbocycles. The highest BCUT2D eigenvalue weighted by molar-refractivity contribution is 8.22. The van der Waals surface area contributed by atoms with Gasteiger partial charge in [-0.15, -0.1) is 0 Å². The topological polar surface area (TPSA) is 3.24 Å². The molecule has 0 radical (unpaired) electrons. The van der Waals surface area contributed by atoms with E-state index in [1.54, 1.807) is 11.8 Å². The summed E-state index contributed by atoms with van der Waals surface area (Å²) in [7, 11) is 0. The molecule has 0 atom stereocenters. The Bertz CT molecular complexity index is 364. The number of thioether (sulfide) groups is 1. The molecule has 94 valence electrons. The monoisotopic (exact) mass is 287 g/mol. The number of nitrogens with zero attached hydrogens (tertiary/aromatic N) is 1. The SMILES string of the molecule is CCN(CC)C(=S)SCCc1cccc(Cl)c1. The van der Waals surface area contributed by atoms with Gasteiger partial charge in [-0.1, -0.05) is 47.7 Å². The Kier molecular flexibility index (Phi) is 6.93. The van der Waals surface area contributed by atoms with E-state index in [0.717, 1.165) is 34.6 Å². The van der Waals surface area contributed by atoms with Crippen molar-refractivity contribution in [2.75, 3.05) is 18.8 Å². The van der Waals surface area contributed by atoms with Gasteiger partial charge in [0.1, 0.15) is 4.32 Å². The van der Waals surface area contributed by atoms with Crippen molar-refractivity contribution in [2.45, 2.75) is 20.3 Å². The van der Waals surface area contributed by atoms with E-state index in [1.165, 1.54) is 5.56 Å². The predicted molar refractivity (Wildman–Crippen MR) is 83.1 cm³/mol. The largest absolute Gasteiger partial charge is 0.358 e. The second-order valence-corrected chi connectivity index (χ2v) is 5.83. The fourth-order valence-corrected chi connectivity index (χ4v) is 3.20. The van der Waals surface area contributed by atoms with Crippen molar-refractivity contribution in [2.24, 2.45) is 0 Å². The summed E-state index contributed by atoms with van der Waals surface area (Å²) in [4.78, 5) is 2.21. The van der Waals surface area contributed by atoms with Crippen molar-refractivity contribution < 1.29 is 0 Å². The number of aryl methyl sites for hydroxylation is 1. The van der Waals surface area contributed by atoms with Crippen molar-refractivity contribution in [3.05, 3.63) is 34.9 Å². The average Bonchev–Trinajstić information content (AvgIpc) is 2.30. The van der Waals surface area contributed by atoms with Gasteiger partial charge in [-0.05, 0) is 38.0 Å². The molecule has 4 heteroatoms. The van der Waals surface area contributed by atoms with E-state index in [1.807, 2.05) is 18.2 Å². The van der Waals surface area contributed by atoms with Gasteiger partial charge in [0, 0.05) is 23.9 Å². The van der Waals surface area contributed by atoms with Gasteiger partial charge in [-0.25, -0.2) is 0 Å². The van der Waals surface area contributed by atoms with E-state index in [-0.39, 0.29) is 0 Å². The van der Waals surface area contributed by atoms with Gasteiger partial charge in [0.25, 0.3) is 0 Å². The van der Waals surface area contributed by atoms with Gasteiger partial charge in [-0.2, -0.15) is 0 Å². The first-order valence-corrected chi connectivity index (χ1v) is 7.60. The summed E-state index contributed by atoms with van der Waals surface area (Å²) in [5.41, 5.74) is 1.27. The molecule has 0 aliphatic rings. The number of hydrogen-bond acceptors (Lipinski definition) is 2. The molecule has 0 spiro atoms. The lowest BCUT2D eigenvalue weighted by molar-refractivity contribution is 0.482. The van der Waals surface area contributed by atoms with Crippen molar-refractivity contribution in [1.82, 2.24) is 4.90 Å². The lowest BCUT2D eigenvalue weighted by Crippen LogP contribution is -2.26. The lowest BCUT2D eigenvalue weighted by Gasteiger charge is -2.20. The van der Waals surface area contributed by atoms with Crippen molar-refractivity contribution in [3.63, 3.8) is 0 Å². The summed E-state index contributed by atoms with van der Waals surface area (Å²) >= 11 is 13.1. The number of benzene rings is 1.